The molecule has 6 heteroatoms. The van der Waals surface area contributed by atoms with E-state index < -0.39 is 9.84 Å². The van der Waals surface area contributed by atoms with Gasteiger partial charge in [-0.25, -0.2) is 13.4 Å². The molecule has 0 fully saturated rings. The summed E-state index contributed by atoms with van der Waals surface area (Å²) in [6, 6.07) is 5.93. The maximum absolute atomic E-state index is 11.5. The molecule has 0 saturated heterocycles. The first-order chi connectivity index (χ1) is 7.05. The van der Waals surface area contributed by atoms with Crippen LogP contribution in [0.2, 0.25) is 0 Å². The monoisotopic (exact) mass is 221 g/mol. The maximum Gasteiger partial charge on any atom is 0.180 e. The van der Waals surface area contributed by atoms with Gasteiger partial charge in [0.1, 0.15) is 22.7 Å². The molecular weight excluding hydrogens is 214 g/mol. The lowest BCUT2D eigenvalue weighted by Gasteiger charge is -2.02. The van der Waals surface area contributed by atoms with E-state index in [1.807, 2.05) is 0 Å². The summed E-state index contributed by atoms with van der Waals surface area (Å²) >= 11 is 0. The molecule has 1 aromatic rings. The van der Waals surface area contributed by atoms with E-state index in [0.29, 0.717) is 0 Å². The fourth-order valence-corrected chi connectivity index (χ4v) is 1.97. The van der Waals surface area contributed by atoms with Gasteiger partial charge in [0, 0.05) is 0 Å². The van der Waals surface area contributed by atoms with Crippen molar-refractivity contribution in [2.75, 3.05) is 5.75 Å². The molecule has 0 aliphatic carbocycles. The van der Waals surface area contributed by atoms with Crippen LogP contribution in [-0.4, -0.2) is 19.2 Å². The van der Waals surface area contributed by atoms with Crippen molar-refractivity contribution < 1.29 is 8.42 Å². The third-order valence-corrected chi connectivity index (χ3v) is 3.55. The van der Waals surface area contributed by atoms with E-state index in [-0.39, 0.29) is 22.0 Å². The van der Waals surface area contributed by atoms with Crippen molar-refractivity contribution in [1.82, 2.24) is 4.98 Å². The normalized spacial score (nSPS) is 10.3. The molecule has 5 nitrogen and oxygen atoms in total. The minimum Gasteiger partial charge on any atom is -0.225 e. The van der Waals surface area contributed by atoms with E-state index in [1.54, 1.807) is 12.1 Å². The average molecular weight is 221 g/mol. The van der Waals surface area contributed by atoms with Crippen molar-refractivity contribution in [2.24, 2.45) is 0 Å². The van der Waals surface area contributed by atoms with Crippen molar-refractivity contribution in [3.8, 4) is 12.1 Å². The second kappa shape index (κ2) is 4.07. The molecule has 0 unspecified atom stereocenters. The smallest absolute Gasteiger partial charge is 0.180 e. The Hall–Kier alpha value is -1.92. The summed E-state index contributed by atoms with van der Waals surface area (Å²) in [5, 5.41) is 17.2. The first-order valence-electron chi connectivity index (χ1n) is 4.09. The summed E-state index contributed by atoms with van der Waals surface area (Å²) in [6.45, 7) is 1.48. The van der Waals surface area contributed by atoms with Crippen LogP contribution in [0.25, 0.3) is 0 Å². The van der Waals surface area contributed by atoms with Crippen LogP contribution in [-0.2, 0) is 9.84 Å². The van der Waals surface area contributed by atoms with Crippen molar-refractivity contribution in [2.45, 2.75) is 11.8 Å². The molecule has 0 N–H and O–H groups in total. The maximum atomic E-state index is 11.5. The first-order valence-corrected chi connectivity index (χ1v) is 5.74. The number of nitriles is 2. The van der Waals surface area contributed by atoms with Gasteiger partial charge < -0.3 is 0 Å². The Morgan fingerprint density at radius 1 is 1.33 bits per heavy atom. The predicted molar refractivity (Wildman–Crippen MR) is 51.4 cm³/mol. The van der Waals surface area contributed by atoms with E-state index >= 15 is 0 Å². The SMILES string of the molecule is CCS(=O)(=O)c1ccc(C#N)nc1C#N. The van der Waals surface area contributed by atoms with Crippen LogP contribution in [0.15, 0.2) is 17.0 Å². The van der Waals surface area contributed by atoms with Crippen LogP contribution in [0.1, 0.15) is 18.3 Å². The third-order valence-electron chi connectivity index (χ3n) is 1.79. The van der Waals surface area contributed by atoms with E-state index in [9.17, 15) is 8.42 Å². The van der Waals surface area contributed by atoms with Crippen LogP contribution in [0.5, 0.6) is 0 Å². The third kappa shape index (κ3) is 2.12. The largest absolute Gasteiger partial charge is 0.225 e. The van der Waals surface area contributed by atoms with Crippen LogP contribution < -0.4 is 0 Å². The number of nitrogens with zero attached hydrogens (tertiary/aromatic N) is 3. The molecular formula is C9H7N3O2S. The summed E-state index contributed by atoms with van der Waals surface area (Å²) in [5.41, 5.74) is -0.197. The number of hydrogen-bond donors (Lipinski definition) is 0. The van der Waals surface area contributed by atoms with Crippen molar-refractivity contribution in [3.05, 3.63) is 23.5 Å². The highest BCUT2D eigenvalue weighted by Crippen LogP contribution is 2.15. The van der Waals surface area contributed by atoms with E-state index in [0.717, 1.165) is 0 Å². The van der Waals surface area contributed by atoms with Gasteiger partial charge in [-0.2, -0.15) is 10.5 Å². The van der Waals surface area contributed by atoms with Gasteiger partial charge in [0.2, 0.25) is 0 Å². The van der Waals surface area contributed by atoms with E-state index in [2.05, 4.69) is 4.98 Å². The molecule has 1 heterocycles. The van der Waals surface area contributed by atoms with Crippen LogP contribution in [0, 0.1) is 22.7 Å². The zero-order valence-corrected chi connectivity index (χ0v) is 8.74. The minimum absolute atomic E-state index is 0.0293. The van der Waals surface area contributed by atoms with Gasteiger partial charge in [0.15, 0.2) is 15.5 Å². The summed E-state index contributed by atoms with van der Waals surface area (Å²) in [5.74, 6) is -0.102. The highest BCUT2D eigenvalue weighted by Gasteiger charge is 2.17. The quantitative estimate of drug-likeness (QED) is 0.729. The fraction of sp³-hybridized carbons (Fsp3) is 0.222. The molecule has 15 heavy (non-hydrogen) atoms. The lowest BCUT2D eigenvalue weighted by atomic mass is 10.3. The van der Waals surface area contributed by atoms with Crippen LogP contribution >= 0.6 is 0 Å². The lowest BCUT2D eigenvalue weighted by Crippen LogP contribution is -2.07. The molecule has 0 bridgehead atoms. The summed E-state index contributed by atoms with van der Waals surface area (Å²) in [6.07, 6.45) is 0. The Morgan fingerprint density at radius 2 is 2.00 bits per heavy atom. The standard InChI is InChI=1S/C9H7N3O2S/c1-2-15(13,14)9-4-3-7(5-10)12-8(9)6-11/h3-4H,2H2,1H3. The van der Waals surface area contributed by atoms with E-state index in [4.69, 9.17) is 10.5 Å². The molecule has 0 saturated carbocycles. The zero-order valence-electron chi connectivity index (χ0n) is 7.93. The van der Waals surface area contributed by atoms with Crippen LogP contribution in [0.4, 0.5) is 0 Å². The Morgan fingerprint density at radius 3 is 2.47 bits per heavy atom. The van der Waals surface area contributed by atoms with Gasteiger partial charge in [-0.1, -0.05) is 6.92 Å². The van der Waals surface area contributed by atoms with Crippen molar-refractivity contribution in [1.29, 1.82) is 10.5 Å². The molecule has 1 aromatic heterocycles. The predicted octanol–water partition coefficient (Wildman–Crippen LogP) is 0.619. The zero-order chi connectivity index (χ0) is 11.5. The van der Waals surface area contributed by atoms with Gasteiger partial charge in [0.25, 0.3) is 0 Å². The Labute approximate surface area is 87.5 Å². The highest BCUT2D eigenvalue weighted by atomic mass is 32.2. The average Bonchev–Trinajstić information content (AvgIpc) is 2.28. The molecule has 0 aliphatic rings. The van der Waals surface area contributed by atoms with Gasteiger partial charge in [-0.3, -0.25) is 0 Å². The molecule has 0 amide bonds. The first kappa shape index (κ1) is 11.2. The topological polar surface area (TPSA) is 94.6 Å². The number of aromatic nitrogens is 1. The van der Waals surface area contributed by atoms with Gasteiger partial charge in [0.05, 0.1) is 5.75 Å². The van der Waals surface area contributed by atoms with E-state index in [1.165, 1.54) is 19.1 Å². The van der Waals surface area contributed by atoms with Crippen LogP contribution in [0.3, 0.4) is 0 Å². The number of rotatable bonds is 2. The molecule has 1 rings (SSSR count). The molecule has 76 valence electrons. The summed E-state index contributed by atoms with van der Waals surface area (Å²) in [7, 11) is -3.46. The molecule has 0 radical (unpaired) electrons. The Balaban J connectivity index is 3.49. The summed E-state index contributed by atoms with van der Waals surface area (Å²) in [4.78, 5) is 3.50. The van der Waals surface area contributed by atoms with Gasteiger partial charge in [-0.05, 0) is 12.1 Å². The summed E-state index contributed by atoms with van der Waals surface area (Å²) < 4.78 is 23.0. The minimum atomic E-state index is -3.46. The number of sulfone groups is 1. The molecule has 0 atom stereocenters. The second-order valence-corrected chi connectivity index (χ2v) is 4.92. The fourth-order valence-electron chi connectivity index (χ4n) is 0.995. The second-order valence-electron chi connectivity index (χ2n) is 2.67. The van der Waals surface area contributed by atoms with Crippen molar-refractivity contribution in [3.63, 3.8) is 0 Å². The van der Waals surface area contributed by atoms with Gasteiger partial charge in [-0.15, -0.1) is 0 Å². The van der Waals surface area contributed by atoms with Crippen molar-refractivity contribution >= 4 is 9.84 Å². The number of pyridine rings is 1. The number of hydrogen-bond acceptors (Lipinski definition) is 5. The highest BCUT2D eigenvalue weighted by molar-refractivity contribution is 7.91. The molecule has 0 aliphatic heterocycles. The Kier molecular flexibility index (Phi) is 3.03. The molecule has 0 spiro atoms. The van der Waals surface area contributed by atoms with Gasteiger partial charge >= 0.3 is 0 Å². The molecule has 0 aromatic carbocycles. The lowest BCUT2D eigenvalue weighted by molar-refractivity contribution is 0.596. The Bertz CT molecular complexity index is 564.